The van der Waals surface area contributed by atoms with E-state index in [9.17, 15) is 0 Å². The highest BCUT2D eigenvalue weighted by atomic mass is 15.2. The molecule has 1 aliphatic carbocycles. The second kappa shape index (κ2) is 8.55. The molecule has 19 heavy (non-hydrogen) atoms. The Morgan fingerprint density at radius 1 is 1.32 bits per heavy atom. The van der Waals surface area contributed by atoms with E-state index in [1.54, 1.807) is 5.57 Å². The molecule has 0 aromatic carbocycles. The van der Waals surface area contributed by atoms with E-state index in [-0.39, 0.29) is 0 Å². The first-order valence-electron chi connectivity index (χ1n) is 7.81. The van der Waals surface area contributed by atoms with Gasteiger partial charge in [0.05, 0.1) is 0 Å². The molecule has 2 heteroatoms. The van der Waals surface area contributed by atoms with E-state index in [4.69, 9.17) is 0 Å². The van der Waals surface area contributed by atoms with Crippen LogP contribution in [-0.4, -0.2) is 49.6 Å². The zero-order chi connectivity index (χ0) is 14.3. The minimum Gasteiger partial charge on any atom is -0.303 e. The van der Waals surface area contributed by atoms with Crippen molar-refractivity contribution >= 4 is 0 Å². The fourth-order valence-electron chi connectivity index (χ4n) is 2.76. The summed E-state index contributed by atoms with van der Waals surface area (Å²) in [4.78, 5) is 4.95. The SMILES string of the molecule is C=C(C)[C@H]1CC=C(CN(C)CCN(CC)CC)CC1. The van der Waals surface area contributed by atoms with Gasteiger partial charge in [-0.3, -0.25) is 0 Å². The summed E-state index contributed by atoms with van der Waals surface area (Å²) in [6.07, 6.45) is 6.21. The second-order valence-corrected chi connectivity index (χ2v) is 5.94. The van der Waals surface area contributed by atoms with Crippen molar-refractivity contribution in [1.29, 1.82) is 0 Å². The number of rotatable bonds is 8. The molecule has 0 N–H and O–H groups in total. The number of hydrogen-bond donors (Lipinski definition) is 0. The lowest BCUT2D eigenvalue weighted by Crippen LogP contribution is -2.34. The molecule has 0 unspecified atom stereocenters. The van der Waals surface area contributed by atoms with Crippen LogP contribution in [0.2, 0.25) is 0 Å². The van der Waals surface area contributed by atoms with Crippen molar-refractivity contribution in [3.05, 3.63) is 23.8 Å². The van der Waals surface area contributed by atoms with Crippen molar-refractivity contribution in [2.75, 3.05) is 39.8 Å². The number of nitrogens with zero attached hydrogens (tertiary/aromatic N) is 2. The van der Waals surface area contributed by atoms with Gasteiger partial charge in [0.25, 0.3) is 0 Å². The molecule has 0 radical (unpaired) electrons. The first-order chi connectivity index (χ1) is 9.06. The summed E-state index contributed by atoms with van der Waals surface area (Å²) in [6, 6.07) is 0. The molecule has 0 saturated heterocycles. The summed E-state index contributed by atoms with van der Waals surface area (Å²) in [6.45, 7) is 16.6. The maximum atomic E-state index is 4.09. The summed E-state index contributed by atoms with van der Waals surface area (Å²) >= 11 is 0. The summed E-state index contributed by atoms with van der Waals surface area (Å²) in [5.74, 6) is 0.727. The first-order valence-corrected chi connectivity index (χ1v) is 7.81. The summed E-state index contributed by atoms with van der Waals surface area (Å²) in [5.41, 5.74) is 2.98. The molecule has 1 rings (SSSR count). The van der Waals surface area contributed by atoms with Crippen LogP contribution >= 0.6 is 0 Å². The average molecular weight is 264 g/mol. The standard InChI is InChI=1S/C17H32N2/c1-6-19(7-2)13-12-18(5)14-16-8-10-17(11-9-16)15(3)4/h8,17H,3,6-7,9-14H2,1-2,4-5H3/t17-/m0/s1. The molecule has 0 heterocycles. The minimum atomic E-state index is 0.727. The Labute approximate surface area is 120 Å². The highest BCUT2D eigenvalue weighted by molar-refractivity contribution is 5.13. The maximum absolute atomic E-state index is 4.09. The van der Waals surface area contributed by atoms with Crippen molar-refractivity contribution in [1.82, 2.24) is 9.80 Å². The van der Waals surface area contributed by atoms with Crippen LogP contribution in [0.25, 0.3) is 0 Å². The molecular formula is C17H32N2. The molecular weight excluding hydrogens is 232 g/mol. The first kappa shape index (κ1) is 16.5. The van der Waals surface area contributed by atoms with Gasteiger partial charge in [-0.2, -0.15) is 0 Å². The summed E-state index contributed by atoms with van der Waals surface area (Å²) in [5, 5.41) is 0. The Bertz CT molecular complexity index is 302. The van der Waals surface area contributed by atoms with Crippen molar-refractivity contribution < 1.29 is 0 Å². The van der Waals surface area contributed by atoms with Crippen LogP contribution < -0.4 is 0 Å². The maximum Gasteiger partial charge on any atom is 0.0190 e. The van der Waals surface area contributed by atoms with Crippen LogP contribution in [0.4, 0.5) is 0 Å². The van der Waals surface area contributed by atoms with Crippen LogP contribution in [0.1, 0.15) is 40.0 Å². The highest BCUT2D eigenvalue weighted by Gasteiger charge is 2.15. The fraction of sp³-hybridized carbons (Fsp3) is 0.765. The molecule has 0 bridgehead atoms. The van der Waals surface area contributed by atoms with E-state index in [0.29, 0.717) is 0 Å². The highest BCUT2D eigenvalue weighted by Crippen LogP contribution is 2.28. The third-order valence-electron chi connectivity index (χ3n) is 4.37. The molecule has 110 valence electrons. The smallest absolute Gasteiger partial charge is 0.0190 e. The largest absolute Gasteiger partial charge is 0.303 e. The molecule has 0 aromatic rings. The van der Waals surface area contributed by atoms with Crippen molar-refractivity contribution in [2.24, 2.45) is 5.92 Å². The van der Waals surface area contributed by atoms with E-state index in [1.807, 2.05) is 0 Å². The lowest BCUT2D eigenvalue weighted by atomic mass is 9.85. The number of hydrogen-bond acceptors (Lipinski definition) is 2. The lowest BCUT2D eigenvalue weighted by molar-refractivity contribution is 0.247. The molecule has 0 aliphatic heterocycles. The van der Waals surface area contributed by atoms with Crippen LogP contribution in [0, 0.1) is 5.92 Å². The van der Waals surface area contributed by atoms with Gasteiger partial charge in [0.2, 0.25) is 0 Å². The zero-order valence-corrected chi connectivity index (χ0v) is 13.4. The zero-order valence-electron chi connectivity index (χ0n) is 13.4. The molecule has 0 amide bonds. The molecule has 0 aromatic heterocycles. The Hall–Kier alpha value is -0.600. The molecule has 1 atom stereocenters. The van der Waals surface area contributed by atoms with Crippen LogP contribution in [0.3, 0.4) is 0 Å². The van der Waals surface area contributed by atoms with Gasteiger partial charge in [0, 0.05) is 19.6 Å². The van der Waals surface area contributed by atoms with E-state index < -0.39 is 0 Å². The molecule has 2 nitrogen and oxygen atoms in total. The van der Waals surface area contributed by atoms with Gasteiger partial charge >= 0.3 is 0 Å². The topological polar surface area (TPSA) is 6.48 Å². The second-order valence-electron chi connectivity index (χ2n) is 5.94. The Morgan fingerprint density at radius 2 is 2.00 bits per heavy atom. The van der Waals surface area contributed by atoms with E-state index in [2.05, 4.69) is 50.3 Å². The van der Waals surface area contributed by atoms with Gasteiger partial charge < -0.3 is 9.80 Å². The predicted octanol–water partition coefficient (Wildman–Crippen LogP) is 3.56. The Morgan fingerprint density at radius 3 is 2.47 bits per heavy atom. The third-order valence-corrected chi connectivity index (χ3v) is 4.37. The predicted molar refractivity (Wildman–Crippen MR) is 85.5 cm³/mol. The number of allylic oxidation sites excluding steroid dienone is 2. The van der Waals surface area contributed by atoms with Crippen molar-refractivity contribution in [3.8, 4) is 0 Å². The van der Waals surface area contributed by atoms with Gasteiger partial charge in [0.1, 0.15) is 0 Å². The number of likely N-dealkylation sites (N-methyl/N-ethyl adjacent to an activating group) is 2. The quantitative estimate of drug-likeness (QED) is 0.619. The van der Waals surface area contributed by atoms with Crippen molar-refractivity contribution in [2.45, 2.75) is 40.0 Å². The average Bonchev–Trinajstić information content (AvgIpc) is 2.40. The van der Waals surface area contributed by atoms with Gasteiger partial charge in [-0.25, -0.2) is 0 Å². The summed E-state index contributed by atoms with van der Waals surface area (Å²) in [7, 11) is 2.25. The van der Waals surface area contributed by atoms with E-state index in [1.165, 1.54) is 37.9 Å². The molecule has 0 fully saturated rings. The van der Waals surface area contributed by atoms with Gasteiger partial charge in [-0.05, 0) is 52.2 Å². The normalized spacial score (nSPS) is 19.9. The van der Waals surface area contributed by atoms with Gasteiger partial charge in [-0.1, -0.05) is 37.6 Å². The monoisotopic (exact) mass is 264 g/mol. The Balaban J connectivity index is 2.29. The Kier molecular flexibility index (Phi) is 7.40. The summed E-state index contributed by atoms with van der Waals surface area (Å²) < 4.78 is 0. The van der Waals surface area contributed by atoms with Crippen LogP contribution in [0.15, 0.2) is 23.8 Å². The van der Waals surface area contributed by atoms with Gasteiger partial charge in [0.15, 0.2) is 0 Å². The lowest BCUT2D eigenvalue weighted by Gasteiger charge is -2.27. The van der Waals surface area contributed by atoms with Crippen LogP contribution in [-0.2, 0) is 0 Å². The molecule has 1 aliphatic rings. The fourth-order valence-corrected chi connectivity index (χ4v) is 2.76. The molecule has 0 spiro atoms. The van der Waals surface area contributed by atoms with Crippen molar-refractivity contribution in [3.63, 3.8) is 0 Å². The molecule has 0 saturated carbocycles. The van der Waals surface area contributed by atoms with Gasteiger partial charge in [-0.15, -0.1) is 0 Å². The van der Waals surface area contributed by atoms with E-state index >= 15 is 0 Å². The van der Waals surface area contributed by atoms with Crippen LogP contribution in [0.5, 0.6) is 0 Å². The minimum absolute atomic E-state index is 0.727. The van der Waals surface area contributed by atoms with E-state index in [0.717, 1.165) is 25.6 Å². The third kappa shape index (κ3) is 5.92.